The van der Waals surface area contributed by atoms with Crippen LogP contribution >= 0.6 is 35.3 Å². The van der Waals surface area contributed by atoms with Crippen LogP contribution in [-0.2, 0) is 13.0 Å². The molecule has 4 nitrogen and oxygen atoms in total. The molecule has 0 aliphatic heterocycles. The number of guanidine groups is 1. The van der Waals surface area contributed by atoms with Gasteiger partial charge in [-0.2, -0.15) is 0 Å². The summed E-state index contributed by atoms with van der Waals surface area (Å²) in [7, 11) is 0. The molecule has 0 saturated carbocycles. The number of benzene rings is 1. The molecule has 144 valence electrons. The lowest BCUT2D eigenvalue weighted by molar-refractivity contribution is 0.625. The molecule has 0 fully saturated rings. The van der Waals surface area contributed by atoms with E-state index in [0.717, 1.165) is 47.3 Å². The molecule has 0 amide bonds. The zero-order chi connectivity index (χ0) is 18.2. The SMILES string of the molecule is CCNC(=NCc1csc(C(C)C)n1)NCCc1ccc(F)cc1C.I. The van der Waals surface area contributed by atoms with Crippen LogP contribution in [0.1, 0.15) is 48.5 Å². The molecule has 0 spiro atoms. The van der Waals surface area contributed by atoms with Crippen LogP contribution in [-0.4, -0.2) is 24.0 Å². The third kappa shape index (κ3) is 7.19. The van der Waals surface area contributed by atoms with E-state index in [0.29, 0.717) is 12.5 Å². The summed E-state index contributed by atoms with van der Waals surface area (Å²) in [5, 5.41) is 9.80. The molecular weight excluding hydrogens is 462 g/mol. The highest BCUT2D eigenvalue weighted by Crippen LogP contribution is 2.19. The van der Waals surface area contributed by atoms with Crippen molar-refractivity contribution in [2.24, 2.45) is 4.99 Å². The number of nitrogens with one attached hydrogen (secondary N) is 2. The second kappa shape index (κ2) is 11.5. The summed E-state index contributed by atoms with van der Waals surface area (Å²) < 4.78 is 13.2. The molecule has 0 aliphatic carbocycles. The maximum Gasteiger partial charge on any atom is 0.191 e. The molecule has 1 aromatic carbocycles. The van der Waals surface area contributed by atoms with Crippen LogP contribution < -0.4 is 10.6 Å². The lowest BCUT2D eigenvalue weighted by Gasteiger charge is -2.12. The number of aromatic nitrogens is 1. The van der Waals surface area contributed by atoms with Gasteiger partial charge in [0.05, 0.1) is 17.2 Å². The lowest BCUT2D eigenvalue weighted by atomic mass is 10.1. The van der Waals surface area contributed by atoms with Crippen molar-refractivity contribution in [3.05, 3.63) is 51.2 Å². The van der Waals surface area contributed by atoms with Gasteiger partial charge in [0.25, 0.3) is 0 Å². The fraction of sp³-hybridized carbons (Fsp3) is 0.474. The predicted molar refractivity (Wildman–Crippen MR) is 119 cm³/mol. The number of rotatable bonds is 7. The molecule has 26 heavy (non-hydrogen) atoms. The van der Waals surface area contributed by atoms with Crippen molar-refractivity contribution >= 4 is 41.3 Å². The highest BCUT2D eigenvalue weighted by atomic mass is 127. The largest absolute Gasteiger partial charge is 0.357 e. The number of halogens is 2. The number of aliphatic imine (C=N–C) groups is 1. The van der Waals surface area contributed by atoms with Crippen molar-refractivity contribution in [3.63, 3.8) is 0 Å². The molecule has 7 heteroatoms. The number of hydrogen-bond acceptors (Lipinski definition) is 3. The first-order valence-corrected chi connectivity index (χ1v) is 9.59. The third-order valence-corrected chi connectivity index (χ3v) is 4.99. The smallest absolute Gasteiger partial charge is 0.191 e. The topological polar surface area (TPSA) is 49.3 Å². The highest BCUT2D eigenvalue weighted by Gasteiger charge is 2.06. The summed E-state index contributed by atoms with van der Waals surface area (Å²) in [6.07, 6.45) is 0.824. The Balaban J connectivity index is 0.00000338. The first-order valence-electron chi connectivity index (χ1n) is 8.71. The lowest BCUT2D eigenvalue weighted by Crippen LogP contribution is -2.38. The summed E-state index contributed by atoms with van der Waals surface area (Å²) in [4.78, 5) is 9.21. The summed E-state index contributed by atoms with van der Waals surface area (Å²) in [6, 6.07) is 4.93. The van der Waals surface area contributed by atoms with Gasteiger partial charge in [-0.05, 0) is 43.5 Å². The van der Waals surface area contributed by atoms with Crippen molar-refractivity contribution in [3.8, 4) is 0 Å². The molecule has 2 rings (SSSR count). The molecule has 0 unspecified atom stereocenters. The van der Waals surface area contributed by atoms with Crippen molar-refractivity contribution in [1.29, 1.82) is 0 Å². The van der Waals surface area contributed by atoms with E-state index < -0.39 is 0 Å². The normalized spacial score (nSPS) is 11.4. The van der Waals surface area contributed by atoms with Crippen LogP contribution in [0.15, 0.2) is 28.6 Å². The van der Waals surface area contributed by atoms with E-state index in [1.807, 2.05) is 19.9 Å². The number of nitrogens with zero attached hydrogens (tertiary/aromatic N) is 2. The molecule has 2 aromatic rings. The first-order chi connectivity index (χ1) is 12.0. The standard InChI is InChI=1S/C19H27FN4S.HI/c1-5-21-19(23-11-17-12-25-18(24-17)13(2)3)22-9-8-15-6-7-16(20)10-14(15)4;/h6-7,10,12-13H,5,8-9,11H2,1-4H3,(H2,21,22,23);1H. The zero-order valence-corrected chi connectivity index (χ0v) is 19.0. The Morgan fingerprint density at radius 1 is 1.31 bits per heavy atom. The van der Waals surface area contributed by atoms with Gasteiger partial charge in [0, 0.05) is 24.4 Å². The molecule has 1 aromatic heterocycles. The average Bonchev–Trinajstić information content (AvgIpc) is 3.04. The Morgan fingerprint density at radius 2 is 2.08 bits per heavy atom. The minimum absolute atomic E-state index is 0. The molecule has 0 radical (unpaired) electrons. The van der Waals surface area contributed by atoms with Crippen molar-refractivity contribution in [2.75, 3.05) is 13.1 Å². The molecule has 0 atom stereocenters. The first kappa shape index (κ1) is 22.8. The van der Waals surface area contributed by atoms with Gasteiger partial charge in [-0.15, -0.1) is 35.3 Å². The van der Waals surface area contributed by atoms with Crippen LogP contribution in [0.25, 0.3) is 0 Å². The molecule has 0 bridgehead atoms. The fourth-order valence-corrected chi connectivity index (χ4v) is 3.24. The van der Waals surface area contributed by atoms with Crippen molar-refractivity contribution in [2.45, 2.75) is 46.6 Å². The Hall–Kier alpha value is -1.22. The second-order valence-corrected chi connectivity index (χ2v) is 7.16. The minimum atomic E-state index is -0.187. The minimum Gasteiger partial charge on any atom is -0.357 e. The van der Waals surface area contributed by atoms with E-state index in [-0.39, 0.29) is 29.8 Å². The fourth-order valence-electron chi connectivity index (χ4n) is 2.42. The number of thiazole rings is 1. The van der Waals surface area contributed by atoms with Gasteiger partial charge in [-0.1, -0.05) is 19.9 Å². The zero-order valence-electron chi connectivity index (χ0n) is 15.8. The van der Waals surface area contributed by atoms with E-state index in [9.17, 15) is 4.39 Å². The monoisotopic (exact) mass is 490 g/mol. The predicted octanol–water partition coefficient (Wildman–Crippen LogP) is 4.63. The Kier molecular flexibility index (Phi) is 10.1. The molecular formula is C19H28FIN4S. The van der Waals surface area contributed by atoms with Gasteiger partial charge in [-0.3, -0.25) is 0 Å². The van der Waals surface area contributed by atoms with Crippen LogP contribution in [0.2, 0.25) is 0 Å². The van der Waals surface area contributed by atoms with E-state index in [1.165, 1.54) is 6.07 Å². The van der Waals surface area contributed by atoms with Crippen LogP contribution in [0.5, 0.6) is 0 Å². The maximum atomic E-state index is 13.2. The number of aryl methyl sites for hydroxylation is 1. The number of hydrogen-bond donors (Lipinski definition) is 2. The second-order valence-electron chi connectivity index (χ2n) is 6.27. The van der Waals surface area contributed by atoms with Gasteiger partial charge in [0.2, 0.25) is 0 Å². The summed E-state index contributed by atoms with van der Waals surface area (Å²) in [5.74, 6) is 1.04. The maximum absolute atomic E-state index is 13.2. The van der Waals surface area contributed by atoms with Crippen LogP contribution in [0.3, 0.4) is 0 Å². The average molecular weight is 490 g/mol. The van der Waals surface area contributed by atoms with Crippen LogP contribution in [0.4, 0.5) is 4.39 Å². The van der Waals surface area contributed by atoms with Gasteiger partial charge in [0.1, 0.15) is 5.82 Å². The summed E-state index contributed by atoms with van der Waals surface area (Å²) in [6.45, 7) is 10.4. The summed E-state index contributed by atoms with van der Waals surface area (Å²) in [5.41, 5.74) is 3.12. The van der Waals surface area contributed by atoms with Gasteiger partial charge in [0.15, 0.2) is 5.96 Å². The van der Waals surface area contributed by atoms with Gasteiger partial charge < -0.3 is 10.6 Å². The van der Waals surface area contributed by atoms with E-state index in [2.05, 4.69) is 39.8 Å². The molecule has 0 saturated heterocycles. The van der Waals surface area contributed by atoms with E-state index in [4.69, 9.17) is 0 Å². The Labute approximate surface area is 176 Å². The highest BCUT2D eigenvalue weighted by molar-refractivity contribution is 14.0. The van der Waals surface area contributed by atoms with E-state index >= 15 is 0 Å². The van der Waals surface area contributed by atoms with E-state index in [1.54, 1.807) is 17.4 Å². The van der Waals surface area contributed by atoms with Crippen molar-refractivity contribution < 1.29 is 4.39 Å². The molecule has 0 aliphatic rings. The quantitative estimate of drug-likeness (QED) is 0.338. The molecule has 1 heterocycles. The van der Waals surface area contributed by atoms with Gasteiger partial charge in [-0.25, -0.2) is 14.4 Å². The summed E-state index contributed by atoms with van der Waals surface area (Å²) >= 11 is 1.69. The Morgan fingerprint density at radius 3 is 2.69 bits per heavy atom. The van der Waals surface area contributed by atoms with Gasteiger partial charge >= 0.3 is 0 Å². The Bertz CT molecular complexity index is 715. The third-order valence-electron chi connectivity index (χ3n) is 3.80. The van der Waals surface area contributed by atoms with Crippen molar-refractivity contribution in [1.82, 2.24) is 15.6 Å². The van der Waals surface area contributed by atoms with Crippen LogP contribution in [0, 0.1) is 12.7 Å². The molecule has 2 N–H and O–H groups in total.